The van der Waals surface area contributed by atoms with E-state index in [0.717, 1.165) is 19.3 Å². The Bertz CT molecular complexity index is 266. The Morgan fingerprint density at radius 3 is 2.27 bits per heavy atom. The van der Waals surface area contributed by atoms with Gasteiger partial charge in [-0.05, 0) is 25.3 Å². The number of esters is 1. The zero-order valence-corrected chi connectivity index (χ0v) is 9.46. The Morgan fingerprint density at radius 2 is 1.87 bits per heavy atom. The maximum atomic E-state index is 11.3. The fourth-order valence-corrected chi connectivity index (χ4v) is 1.24. The van der Waals surface area contributed by atoms with E-state index in [2.05, 4.69) is 4.74 Å². The number of carboxylic acids is 1. The summed E-state index contributed by atoms with van der Waals surface area (Å²) in [4.78, 5) is 21.9. The second kappa shape index (κ2) is 7.04. The second-order valence-electron chi connectivity index (χ2n) is 3.34. The van der Waals surface area contributed by atoms with Crippen molar-refractivity contribution in [2.24, 2.45) is 0 Å². The van der Waals surface area contributed by atoms with Gasteiger partial charge in [-0.1, -0.05) is 19.8 Å². The molecule has 0 aliphatic heterocycles. The van der Waals surface area contributed by atoms with Crippen LogP contribution in [-0.4, -0.2) is 19.0 Å². The van der Waals surface area contributed by atoms with E-state index in [9.17, 15) is 14.7 Å². The van der Waals surface area contributed by atoms with Gasteiger partial charge in [0, 0.05) is 5.57 Å². The highest BCUT2D eigenvalue weighted by atomic mass is 16.5. The molecule has 0 aromatic heterocycles. The lowest BCUT2D eigenvalue weighted by Gasteiger charge is -2.10. The molecule has 4 nitrogen and oxygen atoms in total. The van der Waals surface area contributed by atoms with E-state index in [1.807, 2.05) is 6.92 Å². The van der Waals surface area contributed by atoms with Gasteiger partial charge in [0.05, 0.1) is 13.1 Å². The number of ether oxygens (including phenoxy) is 1. The summed E-state index contributed by atoms with van der Waals surface area (Å²) in [5.41, 5.74) is 0.184. The zero-order valence-electron chi connectivity index (χ0n) is 9.46. The molecule has 0 saturated carbocycles. The van der Waals surface area contributed by atoms with Crippen molar-refractivity contribution < 1.29 is 19.4 Å². The van der Waals surface area contributed by atoms with Gasteiger partial charge in [0.15, 0.2) is 0 Å². The van der Waals surface area contributed by atoms with E-state index in [-0.39, 0.29) is 11.1 Å². The largest absolute Gasteiger partial charge is 0.545 e. The van der Waals surface area contributed by atoms with Crippen molar-refractivity contribution in [2.75, 3.05) is 7.11 Å². The molecule has 0 rings (SSSR count). The van der Waals surface area contributed by atoms with Gasteiger partial charge in [0.1, 0.15) is 0 Å². The number of carbonyl (C=O) groups excluding carboxylic acids is 2. The minimum atomic E-state index is -1.31. The summed E-state index contributed by atoms with van der Waals surface area (Å²) >= 11 is 0. The van der Waals surface area contributed by atoms with Crippen molar-refractivity contribution in [1.82, 2.24) is 0 Å². The maximum absolute atomic E-state index is 11.3. The minimum Gasteiger partial charge on any atom is -0.545 e. The highest BCUT2D eigenvalue weighted by Crippen LogP contribution is 2.14. The Kier molecular flexibility index (Phi) is 6.42. The fraction of sp³-hybridized carbons (Fsp3) is 0.636. The van der Waals surface area contributed by atoms with Crippen molar-refractivity contribution in [3.63, 3.8) is 0 Å². The summed E-state index contributed by atoms with van der Waals surface area (Å²) in [6, 6.07) is 0. The molecule has 0 aromatic carbocycles. The summed E-state index contributed by atoms with van der Waals surface area (Å²) in [7, 11) is 1.24. The van der Waals surface area contributed by atoms with Gasteiger partial charge < -0.3 is 14.6 Å². The van der Waals surface area contributed by atoms with Crippen LogP contribution in [0.25, 0.3) is 0 Å². The first-order valence-corrected chi connectivity index (χ1v) is 5.04. The molecule has 15 heavy (non-hydrogen) atoms. The van der Waals surface area contributed by atoms with Crippen LogP contribution < -0.4 is 5.11 Å². The number of methoxy groups -OCH3 is 1. The lowest BCUT2D eigenvalue weighted by Crippen LogP contribution is -2.26. The average Bonchev–Trinajstić information content (AvgIpc) is 2.22. The number of rotatable bonds is 6. The maximum Gasteiger partial charge on any atom is 0.334 e. The molecule has 0 radical (unpaired) electrons. The van der Waals surface area contributed by atoms with Crippen LogP contribution >= 0.6 is 0 Å². The second-order valence-corrected chi connectivity index (χ2v) is 3.34. The molecule has 0 aliphatic rings. The SMILES string of the molecule is CCCCC/C(C(=O)OC)=C(\C)C(=O)[O-]. The fourth-order valence-electron chi connectivity index (χ4n) is 1.24. The first kappa shape index (κ1) is 13.7. The summed E-state index contributed by atoms with van der Waals surface area (Å²) in [6.07, 6.45) is 3.19. The van der Waals surface area contributed by atoms with Gasteiger partial charge in [-0.15, -0.1) is 0 Å². The molecule has 0 heterocycles. The predicted octanol–water partition coefficient (Wildman–Crippen LogP) is 0.806. The van der Waals surface area contributed by atoms with E-state index < -0.39 is 11.9 Å². The van der Waals surface area contributed by atoms with E-state index in [1.54, 1.807) is 0 Å². The van der Waals surface area contributed by atoms with Gasteiger partial charge in [-0.25, -0.2) is 4.79 Å². The molecule has 0 N–H and O–H groups in total. The molecular weight excluding hydrogens is 196 g/mol. The summed E-state index contributed by atoms with van der Waals surface area (Å²) in [5, 5.41) is 10.6. The summed E-state index contributed by atoms with van der Waals surface area (Å²) in [5.74, 6) is -1.89. The Morgan fingerprint density at radius 1 is 1.27 bits per heavy atom. The van der Waals surface area contributed by atoms with Gasteiger partial charge in [-0.2, -0.15) is 0 Å². The van der Waals surface area contributed by atoms with Crippen molar-refractivity contribution in [3.8, 4) is 0 Å². The molecule has 0 unspecified atom stereocenters. The number of aliphatic carboxylic acids is 1. The van der Waals surface area contributed by atoms with Gasteiger partial charge in [-0.3, -0.25) is 0 Å². The first-order chi connectivity index (χ1) is 7.04. The van der Waals surface area contributed by atoms with Crippen LogP contribution in [0.4, 0.5) is 0 Å². The Labute approximate surface area is 89.9 Å². The Balaban J connectivity index is 4.66. The number of unbranched alkanes of at least 4 members (excludes halogenated alkanes) is 2. The molecule has 0 spiro atoms. The van der Waals surface area contributed by atoms with Crippen molar-refractivity contribution in [3.05, 3.63) is 11.1 Å². The Hall–Kier alpha value is -1.32. The van der Waals surface area contributed by atoms with Crippen LogP contribution in [0.2, 0.25) is 0 Å². The summed E-state index contributed by atoms with van der Waals surface area (Å²) in [6.45, 7) is 3.40. The molecule has 4 heteroatoms. The predicted molar refractivity (Wildman–Crippen MR) is 53.9 cm³/mol. The van der Waals surface area contributed by atoms with Crippen LogP contribution in [0.1, 0.15) is 39.5 Å². The molecule has 0 atom stereocenters. The number of carboxylic acid groups (broad SMARTS) is 1. The van der Waals surface area contributed by atoms with Crippen molar-refractivity contribution in [2.45, 2.75) is 39.5 Å². The number of hydrogen-bond acceptors (Lipinski definition) is 4. The smallest absolute Gasteiger partial charge is 0.334 e. The van der Waals surface area contributed by atoms with E-state index in [1.165, 1.54) is 14.0 Å². The standard InChI is InChI=1S/C11H18O4/c1-4-5-6-7-9(11(14)15-3)8(2)10(12)13/h4-7H2,1-3H3,(H,12,13)/p-1/b9-8-. The molecule has 0 aromatic rings. The lowest BCUT2D eigenvalue weighted by molar-refractivity contribution is -0.299. The van der Waals surface area contributed by atoms with Crippen molar-refractivity contribution in [1.29, 1.82) is 0 Å². The third-order valence-electron chi connectivity index (χ3n) is 2.22. The van der Waals surface area contributed by atoms with Crippen LogP contribution in [-0.2, 0) is 14.3 Å². The topological polar surface area (TPSA) is 66.4 Å². The molecule has 0 aliphatic carbocycles. The molecule has 0 saturated heterocycles. The minimum absolute atomic E-state index is 0.0297. The van der Waals surface area contributed by atoms with Crippen LogP contribution in [0, 0.1) is 0 Å². The van der Waals surface area contributed by atoms with Crippen LogP contribution in [0.15, 0.2) is 11.1 Å². The van der Waals surface area contributed by atoms with Gasteiger partial charge in [0.25, 0.3) is 0 Å². The first-order valence-electron chi connectivity index (χ1n) is 5.04. The normalized spacial score (nSPS) is 11.9. The zero-order chi connectivity index (χ0) is 11.8. The van der Waals surface area contributed by atoms with E-state index in [0.29, 0.717) is 6.42 Å². The monoisotopic (exact) mass is 213 g/mol. The molecule has 86 valence electrons. The molecule has 0 amide bonds. The third kappa shape index (κ3) is 4.63. The lowest BCUT2D eigenvalue weighted by atomic mass is 10.0. The van der Waals surface area contributed by atoms with Gasteiger partial charge in [0.2, 0.25) is 0 Å². The molecule has 0 bridgehead atoms. The van der Waals surface area contributed by atoms with Gasteiger partial charge >= 0.3 is 5.97 Å². The summed E-state index contributed by atoms with van der Waals surface area (Å²) < 4.78 is 4.53. The van der Waals surface area contributed by atoms with E-state index >= 15 is 0 Å². The highest BCUT2D eigenvalue weighted by Gasteiger charge is 2.13. The van der Waals surface area contributed by atoms with E-state index in [4.69, 9.17) is 0 Å². The van der Waals surface area contributed by atoms with Crippen LogP contribution in [0.3, 0.4) is 0 Å². The number of carbonyl (C=O) groups is 2. The molecule has 0 fully saturated rings. The third-order valence-corrected chi connectivity index (χ3v) is 2.22. The van der Waals surface area contributed by atoms with Crippen molar-refractivity contribution >= 4 is 11.9 Å². The quantitative estimate of drug-likeness (QED) is 0.372. The average molecular weight is 213 g/mol. The highest BCUT2D eigenvalue weighted by molar-refractivity contribution is 5.98. The molecular formula is C11H17O4-. The van der Waals surface area contributed by atoms with Crippen LogP contribution in [0.5, 0.6) is 0 Å². The number of hydrogen-bond donors (Lipinski definition) is 0.